The molecular formula is C35H46BF3N4O7. The number of benzene rings is 2. The number of aryl methyl sites for hydroxylation is 2. The summed E-state index contributed by atoms with van der Waals surface area (Å²) < 4.78 is 53.5. The van der Waals surface area contributed by atoms with Gasteiger partial charge < -0.3 is 34.8 Å². The third-order valence-corrected chi connectivity index (χ3v) is 8.27. The molecule has 272 valence electrons. The predicted octanol–water partition coefficient (Wildman–Crippen LogP) is 5.49. The van der Waals surface area contributed by atoms with Crippen LogP contribution in [0.4, 0.5) is 19.0 Å². The van der Waals surface area contributed by atoms with E-state index >= 15 is 0 Å². The van der Waals surface area contributed by atoms with Crippen molar-refractivity contribution in [3.05, 3.63) is 69.9 Å². The van der Waals surface area contributed by atoms with Crippen molar-refractivity contribution in [3.8, 4) is 17.2 Å². The molecule has 50 heavy (non-hydrogen) atoms. The van der Waals surface area contributed by atoms with E-state index in [1.807, 2.05) is 13.8 Å². The molecule has 2 heterocycles. The van der Waals surface area contributed by atoms with Gasteiger partial charge in [0.25, 0.3) is 0 Å². The Morgan fingerprint density at radius 3 is 2.28 bits per heavy atom. The van der Waals surface area contributed by atoms with Gasteiger partial charge in [-0.05, 0) is 105 Å². The van der Waals surface area contributed by atoms with Crippen molar-refractivity contribution in [2.45, 2.75) is 103 Å². The van der Waals surface area contributed by atoms with Gasteiger partial charge in [0, 0.05) is 18.2 Å². The molecule has 3 atom stereocenters. The molecule has 3 aromatic rings. The van der Waals surface area contributed by atoms with Gasteiger partial charge in [0.15, 0.2) is 5.69 Å². The quantitative estimate of drug-likeness (QED) is 0.158. The molecule has 1 saturated carbocycles. The van der Waals surface area contributed by atoms with Gasteiger partial charge in [-0.25, -0.2) is 4.98 Å². The molecule has 2 fully saturated rings. The highest BCUT2D eigenvalue weighted by Gasteiger charge is 2.34. The van der Waals surface area contributed by atoms with E-state index in [0.29, 0.717) is 37.6 Å². The summed E-state index contributed by atoms with van der Waals surface area (Å²) in [5, 5.41) is 35.2. The van der Waals surface area contributed by atoms with E-state index in [1.165, 1.54) is 5.56 Å². The van der Waals surface area contributed by atoms with Crippen LogP contribution in [0.5, 0.6) is 17.2 Å². The number of hydrogen-bond acceptors (Lipinski definition) is 11. The minimum Gasteiger partial charge on any atom is -0.508 e. The topological polar surface area (TPSA) is 156 Å². The molecule has 0 spiro atoms. The lowest BCUT2D eigenvalue weighted by molar-refractivity contribution is -0.163. The number of nitrogens with one attached hydrogen (secondary N) is 1. The summed E-state index contributed by atoms with van der Waals surface area (Å²) in [7, 11) is 5.01. The first-order valence-corrected chi connectivity index (χ1v) is 16.8. The van der Waals surface area contributed by atoms with Crippen molar-refractivity contribution in [2.24, 2.45) is 5.18 Å². The first kappa shape index (κ1) is 40.8. The summed E-state index contributed by atoms with van der Waals surface area (Å²) in [6, 6.07) is 11.7. The summed E-state index contributed by atoms with van der Waals surface area (Å²) in [6.45, 7) is 9.87. The number of nitrogens with zero attached hydrogens (tertiary/aromatic N) is 3. The van der Waals surface area contributed by atoms with Crippen molar-refractivity contribution in [1.82, 2.24) is 15.3 Å². The first-order valence-electron chi connectivity index (χ1n) is 16.8. The fourth-order valence-electron chi connectivity index (χ4n) is 5.66. The number of aliphatic hydroxyl groups excluding tert-OH is 2. The number of phenolic OH excluding ortho intramolecular Hbond substituents is 1. The molecule has 15 heteroatoms. The number of nitroso groups, excluding NO2 is 1. The molecule has 1 aromatic heterocycles. The van der Waals surface area contributed by atoms with Crippen LogP contribution in [0, 0.1) is 18.8 Å². The molecule has 1 aliphatic carbocycles. The molecule has 2 aromatic carbocycles. The van der Waals surface area contributed by atoms with E-state index in [2.05, 4.69) is 46.4 Å². The van der Waals surface area contributed by atoms with Crippen LogP contribution in [0.25, 0.3) is 0 Å². The number of alkyl halides is 3. The molecule has 5 rings (SSSR count). The fourth-order valence-corrected chi connectivity index (χ4v) is 5.66. The first-order chi connectivity index (χ1) is 23.8. The second kappa shape index (κ2) is 19.7. The van der Waals surface area contributed by atoms with Crippen molar-refractivity contribution >= 4 is 19.3 Å². The molecule has 0 bridgehead atoms. The number of hydrogen-bond donors (Lipinski definition) is 4. The van der Waals surface area contributed by atoms with Crippen LogP contribution in [0.15, 0.2) is 47.8 Å². The average molecular weight is 703 g/mol. The number of rotatable bonds is 10. The minimum atomic E-state index is -4.65. The van der Waals surface area contributed by atoms with Gasteiger partial charge in [-0.1, -0.05) is 26.0 Å². The maximum Gasteiger partial charge on any atom is 0.434 e. The van der Waals surface area contributed by atoms with E-state index in [0.717, 1.165) is 55.5 Å². The summed E-state index contributed by atoms with van der Waals surface area (Å²) in [6.07, 6.45) is -0.483. The van der Waals surface area contributed by atoms with Crippen LogP contribution >= 0.6 is 0 Å². The number of aromatic hydroxyl groups is 1. The molecule has 11 nitrogen and oxygen atoms in total. The third kappa shape index (κ3) is 12.3. The lowest BCUT2D eigenvalue weighted by Crippen LogP contribution is -2.47. The summed E-state index contributed by atoms with van der Waals surface area (Å²) >= 11 is 0. The van der Waals surface area contributed by atoms with Crippen LogP contribution in [0.1, 0.15) is 68.3 Å². The Morgan fingerprint density at radius 1 is 1.04 bits per heavy atom. The van der Waals surface area contributed by atoms with Gasteiger partial charge in [-0.15, -0.1) is 4.91 Å². The number of ether oxygens (including phenoxy) is 3. The van der Waals surface area contributed by atoms with E-state index in [-0.39, 0.29) is 11.9 Å². The third-order valence-electron chi connectivity index (χ3n) is 8.27. The second-order valence-corrected chi connectivity index (χ2v) is 12.0. The zero-order chi connectivity index (χ0) is 36.8. The number of aromatic nitrogens is 2. The van der Waals surface area contributed by atoms with Crippen LogP contribution in [0.3, 0.4) is 0 Å². The lowest BCUT2D eigenvalue weighted by atomic mass is 9.92. The molecule has 2 aliphatic rings. The second-order valence-electron chi connectivity index (χ2n) is 12.0. The Morgan fingerprint density at radius 2 is 1.68 bits per heavy atom. The lowest BCUT2D eigenvalue weighted by Gasteiger charge is -2.34. The van der Waals surface area contributed by atoms with Gasteiger partial charge in [0.1, 0.15) is 37.3 Å². The summed E-state index contributed by atoms with van der Waals surface area (Å²) in [4.78, 5) is 15.9. The predicted molar refractivity (Wildman–Crippen MR) is 183 cm³/mol. The normalized spacial score (nSPS) is 22.0. The highest BCUT2D eigenvalue weighted by molar-refractivity contribution is 6.33. The van der Waals surface area contributed by atoms with Crippen molar-refractivity contribution < 1.29 is 42.7 Å². The highest BCUT2D eigenvalue weighted by Crippen LogP contribution is 2.31. The molecule has 2 radical (unpaired) electrons. The summed E-state index contributed by atoms with van der Waals surface area (Å²) in [5.41, 5.74) is 1.77. The van der Waals surface area contributed by atoms with E-state index < -0.39 is 41.6 Å². The van der Waals surface area contributed by atoms with E-state index in [1.54, 1.807) is 24.3 Å². The molecule has 1 aliphatic heterocycles. The molecule has 0 amide bonds. The highest BCUT2D eigenvalue weighted by atomic mass is 19.4. The van der Waals surface area contributed by atoms with Crippen LogP contribution in [-0.2, 0) is 22.1 Å². The van der Waals surface area contributed by atoms with Crippen molar-refractivity contribution in [3.63, 3.8) is 0 Å². The largest absolute Gasteiger partial charge is 0.508 e. The van der Waals surface area contributed by atoms with Gasteiger partial charge in [-0.3, -0.25) is 4.98 Å². The Labute approximate surface area is 292 Å². The molecule has 4 N–H and O–H groups in total. The number of phenols is 1. The van der Waals surface area contributed by atoms with Gasteiger partial charge in [0.05, 0.1) is 25.0 Å². The monoisotopic (exact) mass is 702 g/mol. The SMILES string of the molecule is CC.Cc1cc(CCNC2CCC(OCC3OCCC(O)C3O)CC2)cc(C)c1Oc1ccc(O)cc1.[B]c1ncc(C(F)(F)F)nc1N=O. The maximum absolute atomic E-state index is 11.9. The average Bonchev–Trinajstić information content (AvgIpc) is 3.09. The van der Waals surface area contributed by atoms with Gasteiger partial charge >= 0.3 is 6.18 Å². The van der Waals surface area contributed by atoms with Gasteiger partial charge in [0.2, 0.25) is 5.82 Å². The Balaban J connectivity index is 0.000000378. The van der Waals surface area contributed by atoms with Crippen molar-refractivity contribution in [1.29, 1.82) is 0 Å². The van der Waals surface area contributed by atoms with Crippen LogP contribution in [0.2, 0.25) is 0 Å². The molecule has 1 saturated heterocycles. The Bertz CT molecular complexity index is 1470. The fraction of sp³-hybridized carbons (Fsp3) is 0.543. The van der Waals surface area contributed by atoms with Crippen LogP contribution < -0.4 is 15.6 Å². The maximum atomic E-state index is 11.9. The smallest absolute Gasteiger partial charge is 0.434 e. The standard InChI is InChI=1S/C28H39NO6.C5HBF3N3O.C2H6/c1-18-15-20(16-19(2)28(18)35-24-9-5-22(30)6-10-24)11-13-29-21-3-7-23(8-4-21)34-17-26-27(32)25(31)12-14-33-26;6-3-4(12-13)11-2(1-10-3)5(7,8)9;1-2/h5-6,9-10,15-16,21,23,25-27,29-32H,3-4,7-8,11-14,17H2,1-2H3;1H;1-2H3. The van der Waals surface area contributed by atoms with Crippen LogP contribution in [-0.4, -0.2) is 83.4 Å². The zero-order valence-electron chi connectivity index (χ0n) is 28.8. The minimum absolute atomic E-state index is 0.189. The zero-order valence-corrected chi connectivity index (χ0v) is 28.8. The Kier molecular flexibility index (Phi) is 16.1. The van der Waals surface area contributed by atoms with E-state index in [4.69, 9.17) is 22.1 Å². The molecule has 3 unspecified atom stereocenters. The van der Waals surface area contributed by atoms with E-state index in [9.17, 15) is 33.4 Å². The molecular weight excluding hydrogens is 656 g/mol. The van der Waals surface area contributed by atoms with Gasteiger partial charge in [-0.2, -0.15) is 13.2 Å². The Hall–Kier alpha value is -3.63. The number of aliphatic hydroxyl groups is 2. The summed E-state index contributed by atoms with van der Waals surface area (Å²) in [5.74, 6) is 1.05. The van der Waals surface area contributed by atoms with Crippen molar-refractivity contribution in [2.75, 3.05) is 19.8 Å². The number of halogens is 3.